The highest BCUT2D eigenvalue weighted by atomic mass is 32.1. The molecule has 1 N–H and O–H groups in total. The SMILES string of the molecule is CCc1cc2c(s1)Nc1ccc(F)cc1N=C2N1CCN(C)[C@@H](CCc2ccc(OC)cc2)C1. The Morgan fingerprint density at radius 3 is 2.74 bits per heavy atom. The number of aryl methyl sites for hydroxylation is 2. The molecule has 5 nitrogen and oxygen atoms in total. The van der Waals surface area contributed by atoms with Crippen LogP contribution in [0.4, 0.5) is 20.8 Å². The van der Waals surface area contributed by atoms with Crippen molar-refractivity contribution in [2.75, 3.05) is 39.1 Å². The normalized spacial score (nSPS) is 17.9. The van der Waals surface area contributed by atoms with Gasteiger partial charge in [-0.15, -0.1) is 11.3 Å². The van der Waals surface area contributed by atoms with Gasteiger partial charge in [0, 0.05) is 36.6 Å². The number of amidine groups is 1. The van der Waals surface area contributed by atoms with Crippen LogP contribution in [0.3, 0.4) is 0 Å². The standard InChI is InChI=1S/C27H31FN4OS/c1-4-22-16-23-26(29-25-15-19(28)8-12-24(25)30-27(23)34-22)32-14-13-31(2)20(17-32)9-5-18-6-10-21(33-3)11-7-18/h6-8,10-12,15-16,20,30H,4-5,9,13-14,17H2,1-3H3/t20-/m0/s1. The molecule has 0 amide bonds. The summed E-state index contributed by atoms with van der Waals surface area (Å²) in [5.74, 6) is 1.57. The molecule has 1 fully saturated rings. The Morgan fingerprint density at radius 2 is 1.97 bits per heavy atom. The molecular formula is C27H31FN4OS. The van der Waals surface area contributed by atoms with Gasteiger partial charge in [0.2, 0.25) is 0 Å². The molecule has 1 saturated heterocycles. The molecule has 34 heavy (non-hydrogen) atoms. The van der Waals surface area contributed by atoms with Crippen LogP contribution in [-0.2, 0) is 12.8 Å². The zero-order valence-electron chi connectivity index (χ0n) is 20.0. The second-order valence-electron chi connectivity index (χ2n) is 9.00. The van der Waals surface area contributed by atoms with Crippen molar-refractivity contribution in [2.24, 2.45) is 4.99 Å². The van der Waals surface area contributed by atoms with Gasteiger partial charge >= 0.3 is 0 Å². The number of fused-ring (bicyclic) bond motifs is 2. The van der Waals surface area contributed by atoms with Gasteiger partial charge in [0.15, 0.2) is 0 Å². The molecule has 3 aromatic rings. The second kappa shape index (κ2) is 9.76. The molecule has 1 aromatic heterocycles. The highest BCUT2D eigenvalue weighted by molar-refractivity contribution is 7.16. The summed E-state index contributed by atoms with van der Waals surface area (Å²) >= 11 is 1.76. The van der Waals surface area contributed by atoms with E-state index in [0.717, 1.165) is 66.7 Å². The molecular weight excluding hydrogens is 447 g/mol. The van der Waals surface area contributed by atoms with Crippen molar-refractivity contribution in [2.45, 2.75) is 32.2 Å². The number of ether oxygens (including phenoxy) is 1. The predicted molar refractivity (Wildman–Crippen MR) is 139 cm³/mol. The third-order valence-electron chi connectivity index (χ3n) is 6.81. The molecule has 0 saturated carbocycles. The molecule has 0 radical (unpaired) electrons. The van der Waals surface area contributed by atoms with Gasteiger partial charge in [-0.3, -0.25) is 4.90 Å². The van der Waals surface area contributed by atoms with Crippen LogP contribution in [0, 0.1) is 5.82 Å². The van der Waals surface area contributed by atoms with Crippen molar-refractivity contribution < 1.29 is 9.13 Å². The minimum absolute atomic E-state index is 0.265. The van der Waals surface area contributed by atoms with Crippen LogP contribution in [0.5, 0.6) is 5.75 Å². The number of thiophene rings is 1. The number of nitrogens with one attached hydrogen (secondary N) is 1. The first-order valence-corrected chi connectivity index (χ1v) is 12.7. The number of benzene rings is 2. The summed E-state index contributed by atoms with van der Waals surface area (Å²) in [6.45, 7) is 4.94. The topological polar surface area (TPSA) is 40.1 Å². The zero-order valence-corrected chi connectivity index (χ0v) is 20.8. The van der Waals surface area contributed by atoms with E-state index in [9.17, 15) is 4.39 Å². The van der Waals surface area contributed by atoms with Gasteiger partial charge in [-0.05, 0) is 62.2 Å². The lowest BCUT2D eigenvalue weighted by molar-refractivity contribution is 0.134. The zero-order chi connectivity index (χ0) is 23.7. The molecule has 7 heteroatoms. The van der Waals surface area contributed by atoms with Crippen LogP contribution in [-0.4, -0.2) is 55.5 Å². The lowest BCUT2D eigenvalue weighted by atomic mass is 10.0. The third kappa shape index (κ3) is 4.68. The van der Waals surface area contributed by atoms with Gasteiger partial charge in [0.1, 0.15) is 22.4 Å². The maximum Gasteiger partial charge on any atom is 0.139 e. The summed E-state index contributed by atoms with van der Waals surface area (Å²) in [5.41, 5.74) is 3.95. The third-order valence-corrected chi connectivity index (χ3v) is 8.00. The summed E-state index contributed by atoms with van der Waals surface area (Å²) in [6, 6.07) is 15.8. The quantitative estimate of drug-likeness (QED) is 0.500. The Labute approximate surface area is 204 Å². The van der Waals surface area contributed by atoms with Crippen molar-refractivity contribution in [3.05, 3.63) is 70.4 Å². The van der Waals surface area contributed by atoms with Gasteiger partial charge in [-0.1, -0.05) is 19.1 Å². The first-order chi connectivity index (χ1) is 16.5. The smallest absolute Gasteiger partial charge is 0.139 e. The number of hydrogen-bond acceptors (Lipinski definition) is 6. The largest absolute Gasteiger partial charge is 0.497 e. The summed E-state index contributed by atoms with van der Waals surface area (Å²) < 4.78 is 19.4. The van der Waals surface area contributed by atoms with Crippen molar-refractivity contribution in [3.63, 3.8) is 0 Å². The molecule has 0 bridgehead atoms. The fourth-order valence-corrected chi connectivity index (χ4v) is 5.70. The van der Waals surface area contributed by atoms with Gasteiger partial charge in [0.05, 0.1) is 24.0 Å². The van der Waals surface area contributed by atoms with E-state index in [-0.39, 0.29) is 5.82 Å². The molecule has 0 aliphatic carbocycles. The number of likely N-dealkylation sites (N-methyl/N-ethyl adjacent to an activating group) is 1. The van der Waals surface area contributed by atoms with Crippen molar-refractivity contribution in [3.8, 4) is 5.75 Å². The van der Waals surface area contributed by atoms with Crippen LogP contribution < -0.4 is 10.1 Å². The van der Waals surface area contributed by atoms with Gasteiger partial charge < -0.3 is 15.0 Å². The number of methoxy groups -OCH3 is 1. The minimum Gasteiger partial charge on any atom is -0.497 e. The maximum atomic E-state index is 14.1. The Morgan fingerprint density at radius 1 is 1.15 bits per heavy atom. The monoisotopic (exact) mass is 478 g/mol. The minimum atomic E-state index is -0.265. The van der Waals surface area contributed by atoms with E-state index in [4.69, 9.17) is 9.73 Å². The van der Waals surface area contributed by atoms with Crippen molar-refractivity contribution >= 4 is 33.5 Å². The highest BCUT2D eigenvalue weighted by Crippen LogP contribution is 2.40. The van der Waals surface area contributed by atoms with Crippen LogP contribution in [0.1, 0.15) is 29.3 Å². The van der Waals surface area contributed by atoms with E-state index in [0.29, 0.717) is 11.7 Å². The summed E-state index contributed by atoms with van der Waals surface area (Å²) in [5, 5.41) is 4.61. The Balaban J connectivity index is 1.41. The number of anilines is 2. The maximum absolute atomic E-state index is 14.1. The highest BCUT2D eigenvalue weighted by Gasteiger charge is 2.30. The van der Waals surface area contributed by atoms with Gasteiger partial charge in [-0.25, -0.2) is 9.38 Å². The molecule has 5 rings (SSSR count). The number of rotatable bonds is 5. The number of piperazine rings is 1. The first kappa shape index (κ1) is 22.9. The summed E-state index contributed by atoms with van der Waals surface area (Å²) in [7, 11) is 3.91. The molecule has 178 valence electrons. The Hall–Kier alpha value is -2.90. The van der Waals surface area contributed by atoms with E-state index in [1.165, 1.54) is 22.6 Å². The predicted octanol–water partition coefficient (Wildman–Crippen LogP) is 5.84. The average molecular weight is 479 g/mol. The Bertz CT molecular complexity index is 1190. The van der Waals surface area contributed by atoms with Crippen LogP contribution in [0.2, 0.25) is 0 Å². The molecule has 0 spiro atoms. The lowest BCUT2D eigenvalue weighted by Crippen LogP contribution is -2.53. The Kier molecular flexibility index (Phi) is 6.57. The van der Waals surface area contributed by atoms with Crippen molar-refractivity contribution in [1.29, 1.82) is 0 Å². The van der Waals surface area contributed by atoms with Crippen LogP contribution in [0.25, 0.3) is 0 Å². The molecule has 1 atom stereocenters. The summed E-state index contributed by atoms with van der Waals surface area (Å²) in [6.07, 6.45) is 3.06. The van der Waals surface area contributed by atoms with Gasteiger partial charge in [-0.2, -0.15) is 0 Å². The lowest BCUT2D eigenvalue weighted by Gasteiger charge is -2.41. The van der Waals surface area contributed by atoms with Gasteiger partial charge in [0.25, 0.3) is 0 Å². The van der Waals surface area contributed by atoms with E-state index < -0.39 is 0 Å². The molecule has 3 heterocycles. The van der Waals surface area contributed by atoms with Crippen LogP contribution in [0.15, 0.2) is 53.5 Å². The summed E-state index contributed by atoms with van der Waals surface area (Å²) in [4.78, 5) is 11.2. The van der Waals surface area contributed by atoms with Crippen molar-refractivity contribution in [1.82, 2.24) is 9.80 Å². The molecule has 0 unspecified atom stereocenters. The fraction of sp³-hybridized carbons (Fsp3) is 0.370. The van der Waals surface area contributed by atoms with Crippen LogP contribution >= 0.6 is 11.3 Å². The fourth-order valence-electron chi connectivity index (χ4n) is 4.69. The van der Waals surface area contributed by atoms with E-state index in [1.54, 1.807) is 24.5 Å². The van der Waals surface area contributed by atoms with E-state index in [1.807, 2.05) is 12.1 Å². The van der Waals surface area contributed by atoms with E-state index >= 15 is 0 Å². The first-order valence-electron chi connectivity index (χ1n) is 11.9. The number of aliphatic imine (C=N–C) groups is 1. The number of hydrogen-bond donors (Lipinski definition) is 1. The average Bonchev–Trinajstić information content (AvgIpc) is 3.20. The second-order valence-corrected chi connectivity index (χ2v) is 10.1. The van der Waals surface area contributed by atoms with E-state index in [2.05, 4.69) is 47.3 Å². The number of nitrogens with zero attached hydrogens (tertiary/aromatic N) is 3. The molecule has 2 aliphatic rings. The molecule has 2 aliphatic heterocycles. The molecule has 2 aromatic carbocycles. The number of halogens is 1.